The van der Waals surface area contributed by atoms with Gasteiger partial charge in [-0.3, -0.25) is 0 Å². The molecule has 0 bridgehead atoms. The molecular formula is C10H13N5. The first-order chi connectivity index (χ1) is 7.33. The summed E-state index contributed by atoms with van der Waals surface area (Å²) in [4.78, 5) is 8.51. The van der Waals surface area contributed by atoms with Crippen LogP contribution in [0.5, 0.6) is 0 Å². The summed E-state index contributed by atoms with van der Waals surface area (Å²) in [5.74, 6) is 2.03. The van der Waals surface area contributed by atoms with Crippen molar-refractivity contribution in [3.63, 3.8) is 0 Å². The first kappa shape index (κ1) is 8.79. The van der Waals surface area contributed by atoms with Gasteiger partial charge in [-0.2, -0.15) is 10.1 Å². The standard InChI is InChI=1S/C10H13N5/c1-7-13-10-12-5-9(6-15(10)14-7)8-2-3-11-4-8/h5-6,8,11H,2-4H2,1H3. The maximum Gasteiger partial charge on any atom is 0.252 e. The summed E-state index contributed by atoms with van der Waals surface area (Å²) in [5.41, 5.74) is 1.25. The van der Waals surface area contributed by atoms with Gasteiger partial charge in [-0.15, -0.1) is 0 Å². The van der Waals surface area contributed by atoms with Crippen molar-refractivity contribution in [2.24, 2.45) is 0 Å². The van der Waals surface area contributed by atoms with Crippen LogP contribution in [0.15, 0.2) is 12.4 Å². The van der Waals surface area contributed by atoms with Gasteiger partial charge < -0.3 is 5.32 Å². The molecule has 0 saturated carbocycles. The lowest BCUT2D eigenvalue weighted by molar-refractivity contribution is 0.742. The number of hydrogen-bond donors (Lipinski definition) is 1. The lowest BCUT2D eigenvalue weighted by Crippen LogP contribution is -2.08. The molecule has 78 valence electrons. The number of fused-ring (bicyclic) bond motifs is 1. The fourth-order valence-corrected chi connectivity index (χ4v) is 2.05. The molecule has 1 aliphatic heterocycles. The maximum absolute atomic E-state index is 4.31. The largest absolute Gasteiger partial charge is 0.316 e. The Bertz CT molecular complexity index is 484. The van der Waals surface area contributed by atoms with Gasteiger partial charge in [-0.25, -0.2) is 9.50 Å². The molecule has 5 heteroatoms. The third kappa shape index (κ3) is 1.48. The van der Waals surface area contributed by atoms with Gasteiger partial charge in [0.2, 0.25) is 0 Å². The smallest absolute Gasteiger partial charge is 0.252 e. The predicted octanol–water partition coefficient (Wildman–Crippen LogP) is 0.510. The van der Waals surface area contributed by atoms with Gasteiger partial charge in [-0.05, 0) is 25.5 Å². The van der Waals surface area contributed by atoms with Crippen molar-refractivity contribution in [2.75, 3.05) is 13.1 Å². The van der Waals surface area contributed by atoms with Crippen molar-refractivity contribution in [3.8, 4) is 0 Å². The first-order valence-corrected chi connectivity index (χ1v) is 5.22. The Morgan fingerprint density at radius 2 is 2.47 bits per heavy atom. The second-order valence-electron chi connectivity index (χ2n) is 3.98. The Balaban J connectivity index is 2.04. The highest BCUT2D eigenvalue weighted by Crippen LogP contribution is 2.21. The lowest BCUT2D eigenvalue weighted by atomic mass is 10.0. The Morgan fingerprint density at radius 1 is 1.53 bits per heavy atom. The fourth-order valence-electron chi connectivity index (χ4n) is 2.05. The highest BCUT2D eigenvalue weighted by atomic mass is 15.3. The summed E-state index contributed by atoms with van der Waals surface area (Å²) >= 11 is 0. The number of nitrogens with zero attached hydrogens (tertiary/aromatic N) is 4. The van der Waals surface area contributed by atoms with Crippen LogP contribution in [0.1, 0.15) is 23.7 Å². The summed E-state index contributed by atoms with van der Waals surface area (Å²) in [6.45, 7) is 4.02. The van der Waals surface area contributed by atoms with E-state index in [2.05, 4.69) is 20.4 Å². The van der Waals surface area contributed by atoms with Gasteiger partial charge in [0.15, 0.2) is 0 Å². The third-order valence-electron chi connectivity index (χ3n) is 2.85. The summed E-state index contributed by atoms with van der Waals surface area (Å²) in [6.07, 6.45) is 5.14. The van der Waals surface area contributed by atoms with Crippen LogP contribution < -0.4 is 5.32 Å². The molecule has 1 unspecified atom stereocenters. The molecule has 1 N–H and O–H groups in total. The van der Waals surface area contributed by atoms with E-state index < -0.39 is 0 Å². The van der Waals surface area contributed by atoms with E-state index in [4.69, 9.17) is 0 Å². The number of aryl methyl sites for hydroxylation is 1. The van der Waals surface area contributed by atoms with Crippen molar-refractivity contribution in [3.05, 3.63) is 23.8 Å². The minimum Gasteiger partial charge on any atom is -0.316 e. The van der Waals surface area contributed by atoms with Crippen LogP contribution >= 0.6 is 0 Å². The Hall–Kier alpha value is -1.49. The monoisotopic (exact) mass is 203 g/mol. The number of nitrogens with one attached hydrogen (secondary N) is 1. The zero-order chi connectivity index (χ0) is 10.3. The number of rotatable bonds is 1. The van der Waals surface area contributed by atoms with Gasteiger partial charge in [-0.1, -0.05) is 0 Å². The molecular weight excluding hydrogens is 190 g/mol. The van der Waals surface area contributed by atoms with Crippen molar-refractivity contribution < 1.29 is 0 Å². The average Bonchev–Trinajstić information content (AvgIpc) is 2.82. The molecule has 0 aliphatic carbocycles. The summed E-state index contributed by atoms with van der Waals surface area (Å²) < 4.78 is 1.77. The molecule has 1 aliphatic rings. The highest BCUT2D eigenvalue weighted by Gasteiger charge is 2.17. The topological polar surface area (TPSA) is 55.1 Å². The molecule has 1 saturated heterocycles. The molecule has 3 heterocycles. The molecule has 0 spiro atoms. The van der Waals surface area contributed by atoms with Crippen molar-refractivity contribution >= 4 is 5.78 Å². The van der Waals surface area contributed by atoms with Gasteiger partial charge in [0.25, 0.3) is 5.78 Å². The van der Waals surface area contributed by atoms with Crippen molar-refractivity contribution in [1.82, 2.24) is 24.9 Å². The van der Waals surface area contributed by atoms with Gasteiger partial charge >= 0.3 is 0 Å². The van der Waals surface area contributed by atoms with Gasteiger partial charge in [0, 0.05) is 24.9 Å². The van der Waals surface area contributed by atoms with Crippen LogP contribution in [0.2, 0.25) is 0 Å². The van der Waals surface area contributed by atoms with E-state index in [1.54, 1.807) is 4.52 Å². The first-order valence-electron chi connectivity index (χ1n) is 5.22. The SMILES string of the molecule is Cc1nc2ncc(C3CCNC3)cn2n1. The van der Waals surface area contributed by atoms with Gasteiger partial charge in [0.1, 0.15) is 5.82 Å². The van der Waals surface area contributed by atoms with E-state index in [0.717, 1.165) is 18.9 Å². The molecule has 0 radical (unpaired) electrons. The number of aromatic nitrogens is 4. The quantitative estimate of drug-likeness (QED) is 0.733. The average molecular weight is 203 g/mol. The van der Waals surface area contributed by atoms with E-state index >= 15 is 0 Å². The zero-order valence-corrected chi connectivity index (χ0v) is 8.64. The normalized spacial score (nSPS) is 21.3. The van der Waals surface area contributed by atoms with Crippen LogP contribution in [0.4, 0.5) is 0 Å². The van der Waals surface area contributed by atoms with Gasteiger partial charge in [0.05, 0.1) is 0 Å². The van der Waals surface area contributed by atoms with Crippen molar-refractivity contribution in [2.45, 2.75) is 19.3 Å². The molecule has 2 aromatic rings. The summed E-state index contributed by atoms with van der Waals surface area (Å²) in [7, 11) is 0. The van der Waals surface area contributed by atoms with E-state index in [1.165, 1.54) is 12.0 Å². The minimum atomic E-state index is 0.575. The lowest BCUT2D eigenvalue weighted by Gasteiger charge is -2.07. The highest BCUT2D eigenvalue weighted by molar-refractivity contribution is 5.29. The fraction of sp³-hybridized carbons (Fsp3) is 0.500. The molecule has 1 atom stereocenters. The molecule has 1 fully saturated rings. The predicted molar refractivity (Wildman–Crippen MR) is 55.7 cm³/mol. The molecule has 5 nitrogen and oxygen atoms in total. The van der Waals surface area contributed by atoms with E-state index in [1.807, 2.05) is 19.3 Å². The molecule has 15 heavy (non-hydrogen) atoms. The Kier molecular flexibility index (Phi) is 1.92. The second kappa shape index (κ2) is 3.27. The third-order valence-corrected chi connectivity index (χ3v) is 2.85. The van der Waals surface area contributed by atoms with Crippen molar-refractivity contribution in [1.29, 1.82) is 0 Å². The Labute approximate surface area is 87.5 Å². The van der Waals surface area contributed by atoms with E-state index in [-0.39, 0.29) is 0 Å². The second-order valence-corrected chi connectivity index (χ2v) is 3.98. The minimum absolute atomic E-state index is 0.575. The zero-order valence-electron chi connectivity index (χ0n) is 8.64. The molecule has 3 rings (SSSR count). The van der Waals surface area contributed by atoms with E-state index in [0.29, 0.717) is 11.7 Å². The number of hydrogen-bond acceptors (Lipinski definition) is 4. The van der Waals surface area contributed by atoms with Crippen LogP contribution in [0, 0.1) is 6.92 Å². The molecule has 0 amide bonds. The maximum atomic E-state index is 4.31. The summed E-state index contributed by atoms with van der Waals surface area (Å²) in [5, 5.41) is 7.62. The Morgan fingerprint density at radius 3 is 3.27 bits per heavy atom. The van der Waals surface area contributed by atoms with E-state index in [9.17, 15) is 0 Å². The van der Waals surface area contributed by atoms with Crippen LogP contribution in [0.25, 0.3) is 5.78 Å². The molecule has 2 aromatic heterocycles. The molecule has 0 aromatic carbocycles. The van der Waals surface area contributed by atoms with Crippen LogP contribution in [0.3, 0.4) is 0 Å². The van der Waals surface area contributed by atoms with Crippen LogP contribution in [-0.4, -0.2) is 32.7 Å². The summed E-state index contributed by atoms with van der Waals surface area (Å²) in [6, 6.07) is 0. The van der Waals surface area contributed by atoms with Crippen LogP contribution in [-0.2, 0) is 0 Å².